The number of hydrogen-bond donors (Lipinski definition) is 1. The number of hydrogen-bond acceptors (Lipinski definition) is 9. The number of nitrogens with zero attached hydrogens (tertiary/aromatic N) is 4. The first-order chi connectivity index (χ1) is 10.1. The highest BCUT2D eigenvalue weighted by molar-refractivity contribution is 7.98. The summed E-state index contributed by atoms with van der Waals surface area (Å²) >= 11 is 1.29. The molecule has 0 bridgehead atoms. The van der Waals surface area contributed by atoms with E-state index in [1.165, 1.54) is 18.0 Å². The van der Waals surface area contributed by atoms with Gasteiger partial charge in [0.15, 0.2) is 5.16 Å². The number of esters is 1. The van der Waals surface area contributed by atoms with Crippen molar-refractivity contribution < 1.29 is 13.9 Å². The molecular weight excluding hydrogens is 294 g/mol. The maximum absolute atomic E-state index is 11.6. The van der Waals surface area contributed by atoms with Gasteiger partial charge < -0.3 is 14.9 Å². The zero-order chi connectivity index (χ0) is 15.2. The van der Waals surface area contributed by atoms with Crippen LogP contribution in [0.25, 0.3) is 0 Å². The number of aromatic nitrogens is 4. The predicted molar refractivity (Wildman–Crippen MR) is 75.6 cm³/mol. The fraction of sp³-hybridized carbons (Fsp3) is 0.417. The van der Waals surface area contributed by atoms with Gasteiger partial charge in [0.1, 0.15) is 11.4 Å². The summed E-state index contributed by atoms with van der Waals surface area (Å²) in [5, 5.41) is 8.19. The summed E-state index contributed by atoms with van der Waals surface area (Å²) in [4.78, 5) is 19.7. The molecule has 21 heavy (non-hydrogen) atoms. The van der Waals surface area contributed by atoms with Gasteiger partial charge in [0, 0.05) is 12.6 Å². The van der Waals surface area contributed by atoms with Crippen LogP contribution in [-0.2, 0) is 16.9 Å². The van der Waals surface area contributed by atoms with Crippen molar-refractivity contribution in [2.45, 2.75) is 31.2 Å². The lowest BCUT2D eigenvalue weighted by atomic mass is 10.3. The van der Waals surface area contributed by atoms with Gasteiger partial charge in [0.05, 0.1) is 12.4 Å². The van der Waals surface area contributed by atoms with Crippen LogP contribution in [0.15, 0.2) is 15.8 Å². The lowest BCUT2D eigenvalue weighted by Gasteiger charge is -2.05. The highest BCUT2D eigenvalue weighted by Crippen LogP contribution is 2.20. The van der Waals surface area contributed by atoms with Crippen molar-refractivity contribution in [1.29, 1.82) is 0 Å². The smallest absolute Gasteiger partial charge is 0.343 e. The van der Waals surface area contributed by atoms with Gasteiger partial charge in [-0.15, -0.1) is 10.2 Å². The summed E-state index contributed by atoms with van der Waals surface area (Å²) in [7, 11) is 0. The number of aryl methyl sites for hydroxylation is 1. The third-order valence-electron chi connectivity index (χ3n) is 2.43. The molecule has 0 saturated carbocycles. The van der Waals surface area contributed by atoms with Crippen molar-refractivity contribution in [2.75, 3.05) is 12.3 Å². The number of nitrogens with two attached hydrogens (primary N) is 1. The molecule has 112 valence electrons. The zero-order valence-electron chi connectivity index (χ0n) is 11.7. The van der Waals surface area contributed by atoms with E-state index in [1.807, 2.05) is 6.92 Å². The van der Waals surface area contributed by atoms with Gasteiger partial charge in [-0.2, -0.15) is 0 Å². The van der Waals surface area contributed by atoms with E-state index in [1.54, 1.807) is 6.92 Å². The molecule has 0 aliphatic rings. The lowest BCUT2D eigenvalue weighted by molar-refractivity contribution is 0.0526. The number of ether oxygens (including phenoxy) is 1. The number of anilines is 1. The van der Waals surface area contributed by atoms with Crippen LogP contribution in [0, 0.1) is 0 Å². The molecule has 2 aromatic heterocycles. The second-order valence-electron chi connectivity index (χ2n) is 3.90. The van der Waals surface area contributed by atoms with Crippen molar-refractivity contribution in [3.05, 3.63) is 23.5 Å². The monoisotopic (exact) mass is 309 g/mol. The minimum Gasteiger partial charge on any atom is -0.462 e. The van der Waals surface area contributed by atoms with Crippen LogP contribution in [0.1, 0.15) is 36.0 Å². The van der Waals surface area contributed by atoms with E-state index < -0.39 is 5.97 Å². The predicted octanol–water partition coefficient (Wildman–Crippen LogP) is 1.47. The summed E-state index contributed by atoms with van der Waals surface area (Å²) in [5.74, 6) is 1.07. The summed E-state index contributed by atoms with van der Waals surface area (Å²) in [5.41, 5.74) is 5.89. The van der Waals surface area contributed by atoms with Gasteiger partial charge in [-0.1, -0.05) is 18.7 Å². The van der Waals surface area contributed by atoms with E-state index in [0.29, 0.717) is 29.1 Å². The van der Waals surface area contributed by atoms with Gasteiger partial charge in [0.25, 0.3) is 0 Å². The second kappa shape index (κ2) is 7.02. The SMILES string of the molecule is CCOC(=O)c1cnc(SCc2nnc(CC)o2)nc1N. The fourth-order valence-electron chi connectivity index (χ4n) is 1.43. The van der Waals surface area contributed by atoms with Crippen molar-refractivity contribution in [2.24, 2.45) is 0 Å². The molecule has 0 aliphatic carbocycles. The molecule has 0 amide bonds. The largest absolute Gasteiger partial charge is 0.462 e. The molecule has 2 aromatic rings. The van der Waals surface area contributed by atoms with Crippen molar-refractivity contribution in [3.8, 4) is 0 Å². The standard InChI is InChI=1S/C12H15N5O3S/c1-3-8-16-17-9(20-8)6-21-12-14-5-7(10(13)15-12)11(18)19-4-2/h5H,3-4,6H2,1-2H3,(H2,13,14,15). The van der Waals surface area contributed by atoms with Crippen LogP contribution in [-0.4, -0.2) is 32.7 Å². The minimum atomic E-state index is -0.531. The van der Waals surface area contributed by atoms with Crippen molar-refractivity contribution >= 4 is 23.5 Å². The Morgan fingerprint density at radius 1 is 1.38 bits per heavy atom. The first kappa shape index (κ1) is 15.2. The maximum Gasteiger partial charge on any atom is 0.343 e. The van der Waals surface area contributed by atoms with Crippen molar-refractivity contribution in [1.82, 2.24) is 20.2 Å². The molecule has 0 fully saturated rings. The topological polar surface area (TPSA) is 117 Å². The Labute approximate surface area is 125 Å². The Kier molecular flexibility index (Phi) is 5.09. The van der Waals surface area contributed by atoms with Crippen LogP contribution < -0.4 is 5.73 Å². The molecule has 2 heterocycles. The minimum absolute atomic E-state index is 0.0886. The molecule has 0 aliphatic heterocycles. The summed E-state index contributed by atoms with van der Waals surface area (Å²) in [6, 6.07) is 0. The Bertz CT molecular complexity index is 631. The van der Waals surface area contributed by atoms with Crippen LogP contribution in [0.2, 0.25) is 0 Å². The normalized spacial score (nSPS) is 10.6. The Balaban J connectivity index is 2.01. The van der Waals surface area contributed by atoms with Gasteiger partial charge in [0.2, 0.25) is 11.8 Å². The second-order valence-corrected chi connectivity index (χ2v) is 4.85. The van der Waals surface area contributed by atoms with Gasteiger partial charge in [-0.05, 0) is 6.92 Å². The maximum atomic E-state index is 11.6. The van der Waals surface area contributed by atoms with E-state index in [-0.39, 0.29) is 18.0 Å². The van der Waals surface area contributed by atoms with E-state index in [9.17, 15) is 4.79 Å². The van der Waals surface area contributed by atoms with Crippen molar-refractivity contribution in [3.63, 3.8) is 0 Å². The Morgan fingerprint density at radius 3 is 2.76 bits per heavy atom. The third-order valence-corrected chi connectivity index (χ3v) is 3.27. The van der Waals surface area contributed by atoms with Crippen LogP contribution in [0.5, 0.6) is 0 Å². The fourth-order valence-corrected chi connectivity index (χ4v) is 2.09. The van der Waals surface area contributed by atoms with Crippen LogP contribution >= 0.6 is 11.8 Å². The molecule has 0 spiro atoms. The molecule has 2 rings (SSSR count). The number of rotatable bonds is 6. The van der Waals surface area contributed by atoms with E-state index in [2.05, 4.69) is 20.2 Å². The highest BCUT2D eigenvalue weighted by Gasteiger charge is 2.14. The summed E-state index contributed by atoms with van der Waals surface area (Å²) in [6.07, 6.45) is 2.04. The molecular formula is C12H15N5O3S. The number of thioether (sulfide) groups is 1. The quantitative estimate of drug-likeness (QED) is 0.480. The number of nitrogen functional groups attached to an aromatic ring is 1. The third kappa shape index (κ3) is 3.91. The molecule has 0 radical (unpaired) electrons. The molecule has 8 nitrogen and oxygen atoms in total. The van der Waals surface area contributed by atoms with E-state index >= 15 is 0 Å². The van der Waals surface area contributed by atoms with Crippen LogP contribution in [0.4, 0.5) is 5.82 Å². The average Bonchev–Trinajstić information content (AvgIpc) is 2.93. The highest BCUT2D eigenvalue weighted by atomic mass is 32.2. The molecule has 0 atom stereocenters. The van der Waals surface area contributed by atoms with Gasteiger partial charge >= 0.3 is 5.97 Å². The number of carbonyl (C=O) groups excluding carboxylic acids is 1. The first-order valence-corrected chi connectivity index (χ1v) is 7.36. The molecule has 2 N–H and O–H groups in total. The Morgan fingerprint density at radius 2 is 2.14 bits per heavy atom. The molecule has 9 heteroatoms. The van der Waals surface area contributed by atoms with Crippen LogP contribution in [0.3, 0.4) is 0 Å². The van der Waals surface area contributed by atoms with E-state index in [4.69, 9.17) is 14.9 Å². The Hall–Kier alpha value is -2.16. The summed E-state index contributed by atoms with van der Waals surface area (Å²) < 4.78 is 10.2. The first-order valence-electron chi connectivity index (χ1n) is 6.37. The van der Waals surface area contributed by atoms with E-state index in [0.717, 1.165) is 0 Å². The molecule has 0 saturated heterocycles. The zero-order valence-corrected chi connectivity index (χ0v) is 12.5. The lowest BCUT2D eigenvalue weighted by Crippen LogP contribution is -2.10. The number of carbonyl (C=O) groups is 1. The summed E-state index contributed by atoms with van der Waals surface area (Å²) in [6.45, 7) is 3.92. The molecule has 0 aromatic carbocycles. The average molecular weight is 309 g/mol. The van der Waals surface area contributed by atoms with Gasteiger partial charge in [-0.25, -0.2) is 14.8 Å². The van der Waals surface area contributed by atoms with Gasteiger partial charge in [-0.3, -0.25) is 0 Å². The molecule has 0 unspecified atom stereocenters.